The van der Waals surface area contributed by atoms with Crippen molar-refractivity contribution in [3.63, 3.8) is 0 Å². The van der Waals surface area contributed by atoms with Crippen molar-refractivity contribution in [3.05, 3.63) is 18.0 Å². The van der Waals surface area contributed by atoms with E-state index in [1.54, 1.807) is 22.8 Å². The molecule has 0 aromatic carbocycles. The van der Waals surface area contributed by atoms with E-state index in [2.05, 4.69) is 5.10 Å². The van der Waals surface area contributed by atoms with Crippen molar-refractivity contribution < 1.29 is 18.4 Å². The maximum atomic E-state index is 13.6. The van der Waals surface area contributed by atoms with Crippen LogP contribution in [0.25, 0.3) is 0 Å². The molecule has 2 atom stereocenters. The molecule has 2 unspecified atom stereocenters. The molecule has 3 rings (SSSR count). The first-order chi connectivity index (χ1) is 11.4. The molecule has 1 aliphatic carbocycles. The van der Waals surface area contributed by atoms with Crippen LogP contribution < -0.4 is 0 Å². The largest absolute Gasteiger partial charge is 0.339 e. The second kappa shape index (κ2) is 6.61. The number of ketones is 1. The molecule has 1 aromatic heterocycles. The molecule has 2 fully saturated rings. The lowest BCUT2D eigenvalue weighted by atomic mass is 9.85. The highest BCUT2D eigenvalue weighted by atomic mass is 19.3. The lowest BCUT2D eigenvalue weighted by Gasteiger charge is -2.33. The van der Waals surface area contributed by atoms with Crippen molar-refractivity contribution in [1.82, 2.24) is 14.7 Å². The van der Waals surface area contributed by atoms with Crippen LogP contribution in [-0.4, -0.2) is 44.9 Å². The Balaban J connectivity index is 1.64. The summed E-state index contributed by atoms with van der Waals surface area (Å²) in [7, 11) is 1.74. The van der Waals surface area contributed by atoms with Gasteiger partial charge in [-0.25, -0.2) is 8.78 Å². The summed E-state index contributed by atoms with van der Waals surface area (Å²) < 4.78 is 28.8. The van der Waals surface area contributed by atoms with Crippen LogP contribution in [0.3, 0.4) is 0 Å². The number of amides is 1. The minimum Gasteiger partial charge on any atom is -0.339 e. The van der Waals surface area contributed by atoms with Gasteiger partial charge in [0.25, 0.3) is 0 Å². The van der Waals surface area contributed by atoms with Crippen LogP contribution in [0.5, 0.6) is 0 Å². The van der Waals surface area contributed by atoms with E-state index in [0.29, 0.717) is 24.9 Å². The molecule has 2 aliphatic rings. The highest BCUT2D eigenvalue weighted by Crippen LogP contribution is 2.38. The Hall–Kier alpha value is -1.79. The molecule has 24 heavy (non-hydrogen) atoms. The zero-order valence-electron chi connectivity index (χ0n) is 13.9. The first-order valence-corrected chi connectivity index (χ1v) is 8.56. The summed E-state index contributed by atoms with van der Waals surface area (Å²) in [6.45, 7) is 0.561. The van der Waals surface area contributed by atoms with E-state index < -0.39 is 11.8 Å². The van der Waals surface area contributed by atoms with Crippen molar-refractivity contribution in [2.24, 2.45) is 13.0 Å². The minimum atomic E-state index is -2.74. The standard InChI is InChI=1S/C17H23F2N3O2/c1-21-11-13(10-20-21)15(23)8-14-5-3-7-22(14)16(24)12-4-2-6-17(18,19)9-12/h10-12,14H,2-9H2,1H3. The smallest absolute Gasteiger partial charge is 0.248 e. The van der Waals surface area contributed by atoms with E-state index >= 15 is 0 Å². The molecular formula is C17H23F2N3O2. The Bertz CT molecular complexity index is 629. The number of rotatable bonds is 4. The molecule has 1 aromatic rings. The van der Waals surface area contributed by atoms with E-state index in [9.17, 15) is 18.4 Å². The van der Waals surface area contributed by atoms with Gasteiger partial charge in [0.1, 0.15) is 0 Å². The first-order valence-electron chi connectivity index (χ1n) is 8.56. The molecule has 132 valence electrons. The lowest BCUT2D eigenvalue weighted by molar-refractivity contribution is -0.143. The normalized spacial score (nSPS) is 26.5. The number of carbonyl (C=O) groups excluding carboxylic acids is 2. The molecule has 0 spiro atoms. The van der Waals surface area contributed by atoms with Crippen LogP contribution in [0.1, 0.15) is 55.3 Å². The molecule has 5 nitrogen and oxygen atoms in total. The predicted octanol–water partition coefficient (Wildman–Crippen LogP) is 2.81. The van der Waals surface area contributed by atoms with Crippen LogP contribution in [0.4, 0.5) is 8.78 Å². The third-order valence-corrected chi connectivity index (χ3v) is 5.10. The lowest BCUT2D eigenvalue weighted by Crippen LogP contribution is -2.43. The number of carbonyl (C=O) groups is 2. The summed E-state index contributed by atoms with van der Waals surface area (Å²) in [4.78, 5) is 26.7. The molecule has 0 N–H and O–H groups in total. The zero-order chi connectivity index (χ0) is 17.3. The summed E-state index contributed by atoms with van der Waals surface area (Å²) in [6.07, 6.45) is 5.41. The van der Waals surface area contributed by atoms with Crippen LogP contribution in [-0.2, 0) is 11.8 Å². The van der Waals surface area contributed by atoms with Gasteiger partial charge in [0, 0.05) is 51.0 Å². The molecule has 7 heteroatoms. The summed E-state index contributed by atoms with van der Waals surface area (Å²) in [5, 5.41) is 3.99. The van der Waals surface area contributed by atoms with Gasteiger partial charge in [0.15, 0.2) is 5.78 Å². The molecular weight excluding hydrogens is 316 g/mol. The van der Waals surface area contributed by atoms with E-state index in [4.69, 9.17) is 0 Å². The number of aryl methyl sites for hydroxylation is 1. The average Bonchev–Trinajstić information content (AvgIpc) is 3.14. The number of nitrogens with zero attached hydrogens (tertiary/aromatic N) is 3. The van der Waals surface area contributed by atoms with Crippen molar-refractivity contribution in [2.75, 3.05) is 6.54 Å². The van der Waals surface area contributed by atoms with Crippen molar-refractivity contribution >= 4 is 11.7 Å². The van der Waals surface area contributed by atoms with Crippen molar-refractivity contribution in [3.8, 4) is 0 Å². The highest BCUT2D eigenvalue weighted by Gasteiger charge is 2.42. The Labute approximate surface area is 140 Å². The Morgan fingerprint density at radius 3 is 2.79 bits per heavy atom. The average molecular weight is 339 g/mol. The van der Waals surface area contributed by atoms with Crippen molar-refractivity contribution in [1.29, 1.82) is 0 Å². The third kappa shape index (κ3) is 3.65. The van der Waals surface area contributed by atoms with E-state index in [-0.39, 0.29) is 37.0 Å². The number of halogens is 2. The minimum absolute atomic E-state index is 0.0539. The van der Waals surface area contributed by atoms with Gasteiger partial charge in [-0.05, 0) is 25.7 Å². The second-order valence-electron chi connectivity index (χ2n) is 7.01. The molecule has 1 aliphatic heterocycles. The Morgan fingerprint density at radius 1 is 1.33 bits per heavy atom. The molecule has 0 bridgehead atoms. The highest BCUT2D eigenvalue weighted by molar-refractivity contribution is 5.96. The van der Waals surface area contributed by atoms with E-state index in [1.807, 2.05) is 0 Å². The van der Waals surface area contributed by atoms with Crippen molar-refractivity contribution in [2.45, 2.75) is 56.9 Å². The molecule has 2 heterocycles. The summed E-state index contributed by atoms with van der Waals surface area (Å²) in [5.41, 5.74) is 0.529. The number of Topliss-reactive ketones (excluding diaryl/α,β-unsaturated/α-hetero) is 1. The first kappa shape index (κ1) is 17.0. The van der Waals surface area contributed by atoms with E-state index in [1.165, 1.54) is 6.20 Å². The summed E-state index contributed by atoms with van der Waals surface area (Å²) in [6, 6.07) is -0.180. The van der Waals surface area contributed by atoms with Gasteiger partial charge in [0.05, 0.1) is 11.8 Å². The van der Waals surface area contributed by atoms with Crippen LogP contribution in [0, 0.1) is 5.92 Å². The van der Waals surface area contributed by atoms with Gasteiger partial charge in [-0.3, -0.25) is 14.3 Å². The number of hydrogen-bond acceptors (Lipinski definition) is 3. The van der Waals surface area contributed by atoms with Gasteiger partial charge in [-0.15, -0.1) is 0 Å². The Kier molecular flexibility index (Phi) is 4.69. The van der Waals surface area contributed by atoms with Gasteiger partial charge >= 0.3 is 0 Å². The molecule has 0 radical (unpaired) electrons. The predicted molar refractivity (Wildman–Crippen MR) is 83.8 cm³/mol. The fourth-order valence-electron chi connectivity index (χ4n) is 3.85. The number of likely N-dealkylation sites (tertiary alicyclic amines) is 1. The zero-order valence-corrected chi connectivity index (χ0v) is 13.9. The third-order valence-electron chi connectivity index (χ3n) is 5.10. The maximum absolute atomic E-state index is 13.6. The number of alkyl halides is 2. The maximum Gasteiger partial charge on any atom is 0.248 e. The van der Waals surface area contributed by atoms with Crippen LogP contribution in [0.15, 0.2) is 12.4 Å². The molecule has 1 amide bonds. The fourth-order valence-corrected chi connectivity index (χ4v) is 3.85. The number of hydrogen-bond donors (Lipinski definition) is 0. The van der Waals surface area contributed by atoms with Gasteiger partial charge in [0.2, 0.25) is 11.8 Å². The van der Waals surface area contributed by atoms with E-state index in [0.717, 1.165) is 12.8 Å². The summed E-state index contributed by atoms with van der Waals surface area (Å²) in [5.74, 6) is -3.60. The van der Waals surface area contributed by atoms with Crippen LogP contribution >= 0.6 is 0 Å². The summed E-state index contributed by atoms with van der Waals surface area (Å²) >= 11 is 0. The Morgan fingerprint density at radius 2 is 2.12 bits per heavy atom. The monoisotopic (exact) mass is 339 g/mol. The topological polar surface area (TPSA) is 55.2 Å². The van der Waals surface area contributed by atoms with Crippen LogP contribution in [0.2, 0.25) is 0 Å². The second-order valence-corrected chi connectivity index (χ2v) is 7.01. The molecule has 1 saturated heterocycles. The molecule has 1 saturated carbocycles. The SMILES string of the molecule is Cn1cc(C(=O)CC2CCCN2C(=O)C2CCCC(F)(F)C2)cn1. The van der Waals surface area contributed by atoms with Gasteiger partial charge in [-0.1, -0.05) is 0 Å². The van der Waals surface area contributed by atoms with Gasteiger partial charge in [-0.2, -0.15) is 5.10 Å². The fraction of sp³-hybridized carbons (Fsp3) is 0.706. The van der Waals surface area contributed by atoms with Gasteiger partial charge < -0.3 is 4.90 Å². The quantitative estimate of drug-likeness (QED) is 0.793. The number of aromatic nitrogens is 2.